The summed E-state index contributed by atoms with van der Waals surface area (Å²) in [6, 6.07) is 23.3. The highest BCUT2D eigenvalue weighted by Gasteiger charge is 2.21. The van der Waals surface area contributed by atoms with Gasteiger partial charge in [0, 0.05) is 0 Å². The molecule has 0 aliphatic rings. The highest BCUT2D eigenvalue weighted by Crippen LogP contribution is 2.30. The van der Waals surface area contributed by atoms with Crippen LogP contribution in [0.3, 0.4) is 0 Å². The molecule has 4 aromatic rings. The van der Waals surface area contributed by atoms with E-state index in [1.54, 1.807) is 23.1 Å². The summed E-state index contributed by atoms with van der Waals surface area (Å²) in [7, 11) is 0. The molecular weight excluding hydrogens is 375 g/mol. The van der Waals surface area contributed by atoms with Gasteiger partial charge in [-0.25, -0.2) is 9.37 Å². The Morgan fingerprint density at radius 2 is 1.71 bits per heavy atom. The Morgan fingerprint density at radius 1 is 1.00 bits per heavy atom. The Hall–Kier alpha value is -3.25. The summed E-state index contributed by atoms with van der Waals surface area (Å²) in [4.78, 5) is 19.1. The summed E-state index contributed by atoms with van der Waals surface area (Å²) in [5, 5.41) is 0.520. The van der Waals surface area contributed by atoms with Gasteiger partial charge in [0.05, 0.1) is 16.8 Å². The van der Waals surface area contributed by atoms with Crippen molar-refractivity contribution in [1.29, 1.82) is 0 Å². The van der Waals surface area contributed by atoms with Gasteiger partial charge in [0.2, 0.25) is 0 Å². The van der Waals surface area contributed by atoms with Crippen molar-refractivity contribution in [3.8, 4) is 5.75 Å². The number of hydrogen-bond acceptors (Lipinski definition) is 4. The zero-order chi connectivity index (χ0) is 19.3. The normalized spacial score (nSPS) is 10.8. The fraction of sp³-hybridized carbons (Fsp3) is 0.0909. The Labute approximate surface area is 165 Å². The van der Waals surface area contributed by atoms with Gasteiger partial charge >= 0.3 is 0 Å². The maximum Gasteiger partial charge on any atom is 0.267 e. The molecule has 4 nitrogen and oxygen atoms in total. The van der Waals surface area contributed by atoms with Crippen LogP contribution in [0, 0.1) is 5.82 Å². The number of thiazole rings is 1. The van der Waals surface area contributed by atoms with E-state index >= 15 is 0 Å². The zero-order valence-electron chi connectivity index (χ0n) is 14.9. The largest absolute Gasteiger partial charge is 0.484 e. The third kappa shape index (κ3) is 4.18. The van der Waals surface area contributed by atoms with Crippen molar-refractivity contribution in [3.05, 3.63) is 90.2 Å². The van der Waals surface area contributed by atoms with Crippen LogP contribution in [0.1, 0.15) is 5.56 Å². The minimum atomic E-state index is -0.323. The first-order valence-corrected chi connectivity index (χ1v) is 9.59. The molecule has 1 aromatic heterocycles. The van der Waals surface area contributed by atoms with Gasteiger partial charge in [0.15, 0.2) is 11.7 Å². The minimum Gasteiger partial charge on any atom is -0.484 e. The Bertz CT molecular complexity index is 1080. The molecule has 0 spiro atoms. The predicted octanol–water partition coefficient (Wildman–Crippen LogP) is 5.05. The number of aromatic nitrogens is 1. The minimum absolute atomic E-state index is 0.110. The Balaban J connectivity index is 1.61. The molecule has 0 saturated heterocycles. The molecule has 0 unspecified atom stereocenters. The number of anilines is 1. The van der Waals surface area contributed by atoms with Gasteiger partial charge in [-0.2, -0.15) is 0 Å². The van der Waals surface area contributed by atoms with Gasteiger partial charge in [-0.3, -0.25) is 9.69 Å². The molecule has 0 radical (unpaired) electrons. The van der Waals surface area contributed by atoms with E-state index in [4.69, 9.17) is 4.74 Å². The van der Waals surface area contributed by atoms with Crippen LogP contribution in [-0.4, -0.2) is 17.5 Å². The summed E-state index contributed by atoms with van der Waals surface area (Å²) in [5.41, 5.74) is 1.64. The van der Waals surface area contributed by atoms with Gasteiger partial charge in [-0.05, 0) is 35.9 Å². The van der Waals surface area contributed by atoms with Crippen molar-refractivity contribution in [3.63, 3.8) is 0 Å². The van der Waals surface area contributed by atoms with Crippen LogP contribution in [0.2, 0.25) is 0 Å². The maximum atomic E-state index is 13.5. The van der Waals surface area contributed by atoms with E-state index in [0.29, 0.717) is 27.6 Å². The second-order valence-corrected chi connectivity index (χ2v) is 7.18. The standard InChI is InChI=1S/C22H17FN2O2S/c23-17-11-12-19-20(13-17)28-22(24-19)25(14-16-7-3-1-4-8-16)21(26)15-27-18-9-5-2-6-10-18/h1-13H,14-15H2. The Kier molecular flexibility index (Phi) is 5.30. The van der Waals surface area contributed by atoms with Crippen LogP contribution < -0.4 is 9.64 Å². The van der Waals surface area contributed by atoms with Crippen molar-refractivity contribution in [2.45, 2.75) is 6.54 Å². The van der Waals surface area contributed by atoms with E-state index in [9.17, 15) is 9.18 Å². The first kappa shape index (κ1) is 18.1. The molecule has 0 N–H and O–H groups in total. The molecule has 0 bridgehead atoms. The molecule has 4 rings (SSSR count). The molecule has 6 heteroatoms. The lowest BCUT2D eigenvalue weighted by Crippen LogP contribution is -2.34. The highest BCUT2D eigenvalue weighted by molar-refractivity contribution is 7.22. The van der Waals surface area contributed by atoms with Gasteiger partial charge in [-0.15, -0.1) is 0 Å². The van der Waals surface area contributed by atoms with E-state index in [-0.39, 0.29) is 18.3 Å². The van der Waals surface area contributed by atoms with Crippen molar-refractivity contribution < 1.29 is 13.9 Å². The van der Waals surface area contributed by atoms with Gasteiger partial charge < -0.3 is 4.74 Å². The number of carbonyl (C=O) groups is 1. The van der Waals surface area contributed by atoms with E-state index in [2.05, 4.69) is 4.98 Å². The highest BCUT2D eigenvalue weighted by atomic mass is 32.1. The number of nitrogens with zero attached hydrogens (tertiary/aromatic N) is 2. The second kappa shape index (κ2) is 8.19. The molecule has 1 heterocycles. The predicted molar refractivity (Wildman–Crippen MR) is 109 cm³/mol. The number of fused-ring (bicyclic) bond motifs is 1. The number of rotatable bonds is 6. The zero-order valence-corrected chi connectivity index (χ0v) is 15.7. The second-order valence-electron chi connectivity index (χ2n) is 6.18. The average molecular weight is 392 g/mol. The van der Waals surface area contributed by atoms with Gasteiger partial charge in [0.25, 0.3) is 5.91 Å². The molecular formula is C22H17FN2O2S. The van der Waals surface area contributed by atoms with Crippen LogP contribution >= 0.6 is 11.3 Å². The Morgan fingerprint density at radius 3 is 2.46 bits per heavy atom. The molecule has 0 saturated carbocycles. The smallest absolute Gasteiger partial charge is 0.267 e. The molecule has 0 atom stereocenters. The lowest BCUT2D eigenvalue weighted by molar-refractivity contribution is -0.120. The summed E-state index contributed by atoms with van der Waals surface area (Å²) in [5.74, 6) is 0.0881. The fourth-order valence-electron chi connectivity index (χ4n) is 2.77. The van der Waals surface area contributed by atoms with Crippen molar-refractivity contribution in [1.82, 2.24) is 4.98 Å². The summed E-state index contributed by atoms with van der Waals surface area (Å²) in [6.07, 6.45) is 0. The summed E-state index contributed by atoms with van der Waals surface area (Å²) >= 11 is 1.29. The molecule has 0 aliphatic carbocycles. The lowest BCUT2D eigenvalue weighted by atomic mass is 10.2. The molecule has 3 aromatic carbocycles. The number of para-hydroxylation sites is 1. The van der Waals surface area contributed by atoms with E-state index in [1.807, 2.05) is 48.5 Å². The van der Waals surface area contributed by atoms with Gasteiger partial charge in [-0.1, -0.05) is 59.9 Å². The SMILES string of the molecule is O=C(COc1ccccc1)N(Cc1ccccc1)c1nc2ccc(F)cc2s1. The number of carbonyl (C=O) groups excluding carboxylic acids is 1. The number of benzene rings is 3. The number of amides is 1. The van der Waals surface area contributed by atoms with E-state index in [0.717, 1.165) is 5.56 Å². The van der Waals surface area contributed by atoms with Crippen LogP contribution in [0.4, 0.5) is 9.52 Å². The topological polar surface area (TPSA) is 42.4 Å². The number of ether oxygens (including phenoxy) is 1. The van der Waals surface area contributed by atoms with E-state index < -0.39 is 0 Å². The van der Waals surface area contributed by atoms with Gasteiger partial charge in [0.1, 0.15) is 11.6 Å². The molecule has 28 heavy (non-hydrogen) atoms. The van der Waals surface area contributed by atoms with Crippen LogP contribution in [0.5, 0.6) is 5.75 Å². The third-order valence-corrected chi connectivity index (χ3v) is 5.20. The quantitative estimate of drug-likeness (QED) is 0.461. The maximum absolute atomic E-state index is 13.5. The average Bonchev–Trinajstić information content (AvgIpc) is 3.14. The third-order valence-electron chi connectivity index (χ3n) is 4.16. The van der Waals surface area contributed by atoms with Crippen molar-refractivity contribution >= 4 is 32.6 Å². The number of hydrogen-bond donors (Lipinski definition) is 0. The van der Waals surface area contributed by atoms with Crippen molar-refractivity contribution in [2.75, 3.05) is 11.5 Å². The first-order chi connectivity index (χ1) is 13.7. The number of halogens is 1. The molecule has 140 valence electrons. The van der Waals surface area contributed by atoms with Crippen LogP contribution in [-0.2, 0) is 11.3 Å². The van der Waals surface area contributed by atoms with Crippen LogP contribution in [0.25, 0.3) is 10.2 Å². The summed E-state index contributed by atoms with van der Waals surface area (Å²) in [6.45, 7) is 0.251. The van der Waals surface area contributed by atoms with Crippen LogP contribution in [0.15, 0.2) is 78.9 Å². The monoisotopic (exact) mass is 392 g/mol. The first-order valence-electron chi connectivity index (χ1n) is 8.77. The molecule has 1 amide bonds. The summed E-state index contributed by atoms with van der Waals surface area (Å²) < 4.78 is 19.9. The molecule has 0 aliphatic heterocycles. The lowest BCUT2D eigenvalue weighted by Gasteiger charge is -2.20. The fourth-order valence-corrected chi connectivity index (χ4v) is 3.78. The van der Waals surface area contributed by atoms with E-state index in [1.165, 1.54) is 23.5 Å². The van der Waals surface area contributed by atoms with Crippen molar-refractivity contribution in [2.24, 2.45) is 0 Å². The molecule has 0 fully saturated rings.